The van der Waals surface area contributed by atoms with Crippen LogP contribution in [0.3, 0.4) is 0 Å². The fourth-order valence-electron chi connectivity index (χ4n) is 2.28. The molecule has 0 aromatic carbocycles. The summed E-state index contributed by atoms with van der Waals surface area (Å²) in [7, 11) is -3.19. The van der Waals surface area contributed by atoms with Crippen LogP contribution in [0.25, 0.3) is 0 Å². The molecule has 1 N–H and O–H groups in total. The van der Waals surface area contributed by atoms with Gasteiger partial charge in [0.15, 0.2) is 0 Å². The van der Waals surface area contributed by atoms with E-state index >= 15 is 0 Å². The monoisotopic (exact) mass is 278 g/mol. The van der Waals surface area contributed by atoms with Crippen LogP contribution in [0.15, 0.2) is 0 Å². The van der Waals surface area contributed by atoms with Gasteiger partial charge in [0.05, 0.1) is 18.5 Å². The van der Waals surface area contributed by atoms with Gasteiger partial charge in [-0.2, -0.15) is 4.31 Å². The van der Waals surface area contributed by atoms with Gasteiger partial charge < -0.3 is 10.1 Å². The van der Waals surface area contributed by atoms with E-state index in [0.717, 1.165) is 25.9 Å². The Balaban J connectivity index is 2.55. The van der Waals surface area contributed by atoms with E-state index < -0.39 is 10.0 Å². The summed E-state index contributed by atoms with van der Waals surface area (Å²) in [6.45, 7) is 8.37. The Labute approximate surface area is 111 Å². The SMILES string of the molecule is CCN(C1CCNCC1)S(=O)(=O)CCOC(C)C. The largest absolute Gasteiger partial charge is 0.378 e. The molecule has 6 heteroatoms. The van der Waals surface area contributed by atoms with Crippen LogP contribution < -0.4 is 5.32 Å². The van der Waals surface area contributed by atoms with E-state index in [4.69, 9.17) is 4.74 Å². The molecular weight excluding hydrogens is 252 g/mol. The molecule has 0 bridgehead atoms. The van der Waals surface area contributed by atoms with Crippen molar-refractivity contribution in [2.75, 3.05) is 32.0 Å². The summed E-state index contributed by atoms with van der Waals surface area (Å²) in [5.41, 5.74) is 0. The summed E-state index contributed by atoms with van der Waals surface area (Å²) in [6.07, 6.45) is 1.88. The maximum Gasteiger partial charge on any atom is 0.216 e. The molecule has 1 rings (SSSR count). The third kappa shape index (κ3) is 4.84. The summed E-state index contributed by atoms with van der Waals surface area (Å²) in [5, 5.41) is 3.26. The van der Waals surface area contributed by atoms with Crippen molar-refractivity contribution >= 4 is 10.0 Å². The number of hydrogen-bond acceptors (Lipinski definition) is 4. The average molecular weight is 278 g/mol. The summed E-state index contributed by atoms with van der Waals surface area (Å²) in [6, 6.07) is 0.153. The van der Waals surface area contributed by atoms with Gasteiger partial charge in [0.1, 0.15) is 0 Å². The lowest BCUT2D eigenvalue weighted by atomic mass is 10.1. The van der Waals surface area contributed by atoms with Crippen LogP contribution in [-0.4, -0.2) is 56.9 Å². The Kier molecular flexibility index (Phi) is 6.55. The number of ether oxygens (including phenoxy) is 1. The molecule has 0 radical (unpaired) electrons. The van der Waals surface area contributed by atoms with Gasteiger partial charge in [-0.25, -0.2) is 8.42 Å². The predicted molar refractivity (Wildman–Crippen MR) is 73.1 cm³/mol. The fraction of sp³-hybridized carbons (Fsp3) is 1.00. The van der Waals surface area contributed by atoms with Gasteiger partial charge in [-0.1, -0.05) is 6.92 Å². The van der Waals surface area contributed by atoms with E-state index in [0.29, 0.717) is 6.54 Å². The van der Waals surface area contributed by atoms with Crippen molar-refractivity contribution in [3.05, 3.63) is 0 Å². The summed E-state index contributed by atoms with van der Waals surface area (Å²) < 4.78 is 31.5. The molecule has 1 aliphatic rings. The molecule has 0 amide bonds. The van der Waals surface area contributed by atoms with Gasteiger partial charge >= 0.3 is 0 Å². The zero-order chi connectivity index (χ0) is 13.6. The lowest BCUT2D eigenvalue weighted by molar-refractivity contribution is 0.0904. The molecule has 0 aromatic heterocycles. The van der Waals surface area contributed by atoms with Gasteiger partial charge in [0.2, 0.25) is 10.0 Å². The number of piperidine rings is 1. The highest BCUT2D eigenvalue weighted by Crippen LogP contribution is 2.16. The van der Waals surface area contributed by atoms with Crippen LogP contribution in [-0.2, 0) is 14.8 Å². The molecule has 1 heterocycles. The van der Waals surface area contributed by atoms with Gasteiger partial charge in [-0.15, -0.1) is 0 Å². The number of nitrogens with one attached hydrogen (secondary N) is 1. The Morgan fingerprint density at radius 3 is 2.44 bits per heavy atom. The maximum atomic E-state index is 12.3. The van der Waals surface area contributed by atoms with Gasteiger partial charge in [0, 0.05) is 12.6 Å². The third-order valence-corrected chi connectivity index (χ3v) is 5.13. The average Bonchev–Trinajstić information content (AvgIpc) is 2.30. The van der Waals surface area contributed by atoms with Crippen molar-refractivity contribution in [1.29, 1.82) is 0 Å². The van der Waals surface area contributed by atoms with Gasteiger partial charge in [0.25, 0.3) is 0 Å². The molecule has 0 spiro atoms. The van der Waals surface area contributed by atoms with Crippen molar-refractivity contribution in [2.24, 2.45) is 0 Å². The number of sulfonamides is 1. The minimum Gasteiger partial charge on any atom is -0.378 e. The quantitative estimate of drug-likeness (QED) is 0.749. The normalized spacial score (nSPS) is 18.7. The first-order chi connectivity index (χ1) is 8.47. The minimum atomic E-state index is -3.19. The van der Waals surface area contributed by atoms with E-state index in [1.54, 1.807) is 4.31 Å². The fourth-order valence-corrected chi connectivity index (χ4v) is 3.88. The Hall–Kier alpha value is -0.170. The highest BCUT2D eigenvalue weighted by molar-refractivity contribution is 7.89. The Bertz CT molecular complexity index is 324. The molecule has 1 saturated heterocycles. The van der Waals surface area contributed by atoms with Crippen LogP contribution in [0, 0.1) is 0 Å². The topological polar surface area (TPSA) is 58.6 Å². The molecule has 0 aromatic rings. The van der Waals surface area contributed by atoms with E-state index in [1.807, 2.05) is 20.8 Å². The van der Waals surface area contributed by atoms with E-state index in [9.17, 15) is 8.42 Å². The Morgan fingerprint density at radius 2 is 1.94 bits per heavy atom. The van der Waals surface area contributed by atoms with E-state index in [1.165, 1.54) is 0 Å². The molecule has 108 valence electrons. The lowest BCUT2D eigenvalue weighted by Gasteiger charge is -2.33. The number of hydrogen-bond donors (Lipinski definition) is 1. The molecule has 0 unspecified atom stereocenters. The van der Waals surface area contributed by atoms with E-state index in [2.05, 4.69) is 5.32 Å². The molecule has 0 saturated carbocycles. The molecule has 0 atom stereocenters. The van der Waals surface area contributed by atoms with Crippen molar-refractivity contribution in [1.82, 2.24) is 9.62 Å². The van der Waals surface area contributed by atoms with Crippen molar-refractivity contribution in [2.45, 2.75) is 45.8 Å². The standard InChI is InChI=1S/C12H26N2O3S/c1-4-14(12-5-7-13-8-6-12)18(15,16)10-9-17-11(2)3/h11-13H,4-10H2,1-3H3. The van der Waals surface area contributed by atoms with Gasteiger partial charge in [-0.05, 0) is 39.8 Å². The van der Waals surface area contributed by atoms with E-state index in [-0.39, 0.29) is 24.5 Å². The van der Waals surface area contributed by atoms with Crippen LogP contribution in [0.1, 0.15) is 33.6 Å². The minimum absolute atomic E-state index is 0.0779. The first-order valence-corrected chi connectivity index (χ1v) is 8.40. The van der Waals surface area contributed by atoms with Crippen LogP contribution in [0.4, 0.5) is 0 Å². The van der Waals surface area contributed by atoms with Crippen molar-refractivity contribution < 1.29 is 13.2 Å². The predicted octanol–water partition coefficient (Wildman–Crippen LogP) is 0.815. The lowest BCUT2D eigenvalue weighted by Crippen LogP contribution is -2.47. The summed E-state index contributed by atoms with van der Waals surface area (Å²) in [4.78, 5) is 0. The number of nitrogens with zero attached hydrogens (tertiary/aromatic N) is 1. The van der Waals surface area contributed by atoms with Crippen LogP contribution in [0.2, 0.25) is 0 Å². The second-order valence-corrected chi connectivity index (χ2v) is 6.96. The molecule has 18 heavy (non-hydrogen) atoms. The first kappa shape index (κ1) is 15.9. The second-order valence-electron chi connectivity index (χ2n) is 4.92. The summed E-state index contributed by atoms with van der Waals surface area (Å²) >= 11 is 0. The highest BCUT2D eigenvalue weighted by atomic mass is 32.2. The first-order valence-electron chi connectivity index (χ1n) is 6.79. The van der Waals surface area contributed by atoms with Crippen LogP contribution in [0.5, 0.6) is 0 Å². The molecular formula is C12H26N2O3S. The van der Waals surface area contributed by atoms with Crippen molar-refractivity contribution in [3.63, 3.8) is 0 Å². The zero-order valence-corrected chi connectivity index (χ0v) is 12.5. The van der Waals surface area contributed by atoms with Gasteiger partial charge in [-0.3, -0.25) is 0 Å². The molecule has 0 aliphatic carbocycles. The molecule has 1 aliphatic heterocycles. The smallest absolute Gasteiger partial charge is 0.216 e. The number of rotatable bonds is 7. The highest BCUT2D eigenvalue weighted by Gasteiger charge is 2.29. The van der Waals surface area contributed by atoms with Crippen molar-refractivity contribution in [3.8, 4) is 0 Å². The second kappa shape index (κ2) is 7.43. The maximum absolute atomic E-state index is 12.3. The molecule has 5 nitrogen and oxygen atoms in total. The third-order valence-electron chi connectivity index (χ3n) is 3.18. The zero-order valence-electron chi connectivity index (χ0n) is 11.7. The van der Waals surface area contributed by atoms with Crippen LogP contribution >= 0.6 is 0 Å². The molecule has 1 fully saturated rings. The Morgan fingerprint density at radius 1 is 1.33 bits per heavy atom. The summed E-state index contributed by atoms with van der Waals surface area (Å²) in [5.74, 6) is 0.0863.